The van der Waals surface area contributed by atoms with Gasteiger partial charge in [0.15, 0.2) is 12.4 Å². The number of fused-ring (bicyclic) bond motifs is 4. The van der Waals surface area contributed by atoms with Gasteiger partial charge in [0.05, 0.1) is 29.9 Å². The number of amides is 1. The molecule has 9 rings (SSSR count). The molecule has 2 aliphatic heterocycles. The minimum absolute atomic E-state index is 0.0286. The summed E-state index contributed by atoms with van der Waals surface area (Å²) in [5.41, 5.74) is 11.1. The third-order valence-corrected chi connectivity index (χ3v) is 14.8. The van der Waals surface area contributed by atoms with E-state index in [1.807, 2.05) is 24.5 Å². The number of nitrogens with one attached hydrogen (secondary N) is 1. The van der Waals surface area contributed by atoms with Crippen LogP contribution in [-0.4, -0.2) is 81.9 Å². The zero-order chi connectivity index (χ0) is 44.7. The summed E-state index contributed by atoms with van der Waals surface area (Å²) in [6, 6.07) is 21.5. The molecule has 4 aliphatic rings. The molecule has 0 spiro atoms. The molecule has 1 amide bonds. The Labute approximate surface area is 405 Å². The molecule has 2 fully saturated rings. The number of carbonyl (C=O) groups is 1. The number of piperazine rings is 2. The normalized spacial score (nSPS) is 21.0. The van der Waals surface area contributed by atoms with Crippen molar-refractivity contribution in [3.63, 3.8) is 0 Å². The van der Waals surface area contributed by atoms with E-state index in [1.165, 1.54) is 70.7 Å². The fourth-order valence-corrected chi connectivity index (χ4v) is 11.4. The molecule has 0 radical (unpaired) electrons. The van der Waals surface area contributed by atoms with Gasteiger partial charge < -0.3 is 15.4 Å². The lowest BCUT2D eigenvalue weighted by Gasteiger charge is -2.45. The van der Waals surface area contributed by atoms with Crippen molar-refractivity contribution in [2.75, 3.05) is 39.3 Å². The third-order valence-electron chi connectivity index (χ3n) is 13.5. The number of carbonyl (C=O) groups excluding carboxylic acids is 1. The monoisotopic (exact) mass is 1030 g/mol. The van der Waals surface area contributed by atoms with Crippen molar-refractivity contribution in [2.45, 2.75) is 109 Å². The van der Waals surface area contributed by atoms with Crippen LogP contribution in [0.3, 0.4) is 0 Å². The Balaban J connectivity index is 0.000000184. The summed E-state index contributed by atoms with van der Waals surface area (Å²) in [5.74, 6) is 0.125. The van der Waals surface area contributed by atoms with Gasteiger partial charge in [0.25, 0.3) is 0 Å². The fraction of sp³-hybridized carbons (Fsp3) is 0.451. The van der Waals surface area contributed by atoms with Crippen molar-refractivity contribution in [3.8, 4) is 0 Å². The highest BCUT2D eigenvalue weighted by Gasteiger charge is 2.38. The minimum atomic E-state index is 0.0286. The lowest BCUT2D eigenvalue weighted by atomic mass is 9.94. The molecule has 2 aliphatic carbocycles. The van der Waals surface area contributed by atoms with Crippen LogP contribution in [0.4, 0.5) is 0 Å². The van der Waals surface area contributed by atoms with Gasteiger partial charge in [-0.05, 0) is 146 Å². The Morgan fingerprint density at radius 3 is 1.86 bits per heavy atom. The minimum Gasteiger partial charge on any atom is -0.619 e. The van der Waals surface area contributed by atoms with Crippen LogP contribution in [0.5, 0.6) is 0 Å². The van der Waals surface area contributed by atoms with E-state index in [9.17, 15) is 10.0 Å². The van der Waals surface area contributed by atoms with E-state index in [0.717, 1.165) is 113 Å². The number of pyridine rings is 3. The maximum Gasteiger partial charge on any atom is 0.227 e. The topological polar surface area (TPSA) is 91.5 Å². The van der Waals surface area contributed by atoms with Gasteiger partial charge in [-0.3, -0.25) is 24.6 Å². The van der Waals surface area contributed by atoms with E-state index in [2.05, 4.69) is 102 Å². The quantitative estimate of drug-likeness (QED) is 0.110. The average Bonchev–Trinajstić information content (AvgIpc) is 3.55. The Morgan fingerprint density at radius 1 is 0.734 bits per heavy atom. The van der Waals surface area contributed by atoms with Crippen LogP contribution in [-0.2, 0) is 36.9 Å². The molecule has 4 atom stereocenters. The van der Waals surface area contributed by atoms with Crippen LogP contribution < -0.4 is 10.0 Å². The molecule has 64 heavy (non-hydrogen) atoms. The van der Waals surface area contributed by atoms with Gasteiger partial charge in [0.2, 0.25) is 5.91 Å². The molecule has 1 N–H and O–H groups in total. The molecular formula is C51H59Br2Cl2N7O2. The number of aryl methyl sites for hydroxylation is 4. The summed E-state index contributed by atoms with van der Waals surface area (Å²) >= 11 is 20.0. The summed E-state index contributed by atoms with van der Waals surface area (Å²) in [6.07, 6.45) is 17.8. The van der Waals surface area contributed by atoms with Crippen LogP contribution in [0.1, 0.15) is 115 Å². The zero-order valence-electron chi connectivity index (χ0n) is 36.9. The van der Waals surface area contributed by atoms with Gasteiger partial charge in [-0.2, -0.15) is 4.73 Å². The second kappa shape index (κ2) is 21.9. The van der Waals surface area contributed by atoms with Gasteiger partial charge in [0.1, 0.15) is 0 Å². The van der Waals surface area contributed by atoms with Gasteiger partial charge in [-0.1, -0.05) is 74.9 Å². The first-order valence-electron chi connectivity index (χ1n) is 23.1. The van der Waals surface area contributed by atoms with E-state index >= 15 is 0 Å². The standard InChI is InChI=1S/C29H32BrClN4O2.C22H27BrClN3/c1-2-3-4-25-19-33(13-14-35(25)27(36)15-20-9-11-34(37)12-10-20)29-26-8-7-24(31)17-21(26)5-6-22-16-23(30)18-32-28(22)29;1-2-3-4-19-14-27(10-9-25-19)22-20-8-7-18(24)12-15(20)5-6-16-11-17(23)13-26-21(16)22/h7-12,16-18,25,29H,2-6,13-15,19H2,1H3;7-8,11-13,19,22,25H,2-6,9-10,14H2,1H3/t25-,29?;19-,22?/m00/s1. The maximum absolute atomic E-state index is 13.4. The summed E-state index contributed by atoms with van der Waals surface area (Å²) in [7, 11) is 0. The molecule has 2 aromatic carbocycles. The van der Waals surface area contributed by atoms with Crippen LogP contribution in [0.15, 0.2) is 94.4 Å². The van der Waals surface area contributed by atoms with E-state index in [4.69, 9.17) is 33.2 Å². The molecule has 0 bridgehead atoms. The second-order valence-electron chi connectivity index (χ2n) is 17.8. The Morgan fingerprint density at radius 2 is 1.28 bits per heavy atom. The highest BCUT2D eigenvalue weighted by molar-refractivity contribution is 9.10. The van der Waals surface area contributed by atoms with Gasteiger partial charge in [0, 0.05) is 94.9 Å². The lowest BCUT2D eigenvalue weighted by molar-refractivity contribution is -0.605. The van der Waals surface area contributed by atoms with Crippen molar-refractivity contribution in [3.05, 3.63) is 160 Å². The predicted octanol–water partition coefficient (Wildman–Crippen LogP) is 10.4. The highest BCUT2D eigenvalue weighted by Crippen LogP contribution is 2.40. The fourth-order valence-electron chi connectivity index (χ4n) is 10.3. The second-order valence-corrected chi connectivity index (χ2v) is 20.5. The van der Waals surface area contributed by atoms with Crippen LogP contribution in [0, 0.1) is 5.21 Å². The summed E-state index contributed by atoms with van der Waals surface area (Å²) in [4.78, 5) is 30.5. The Hall–Kier alpha value is -3.42. The van der Waals surface area contributed by atoms with E-state index < -0.39 is 0 Å². The first-order valence-corrected chi connectivity index (χ1v) is 25.5. The number of unbranched alkanes of at least 4 members (excludes halogenated alkanes) is 2. The number of hydrogen-bond donors (Lipinski definition) is 1. The van der Waals surface area contributed by atoms with Crippen molar-refractivity contribution in [2.24, 2.45) is 0 Å². The van der Waals surface area contributed by atoms with Crippen molar-refractivity contribution >= 4 is 61.0 Å². The molecule has 5 heterocycles. The van der Waals surface area contributed by atoms with Crippen molar-refractivity contribution in [1.82, 2.24) is 30.0 Å². The van der Waals surface area contributed by atoms with Gasteiger partial charge in [-0.15, -0.1) is 0 Å². The maximum atomic E-state index is 13.4. The van der Waals surface area contributed by atoms with E-state index in [1.54, 1.807) is 12.1 Å². The van der Waals surface area contributed by atoms with Crippen molar-refractivity contribution in [1.29, 1.82) is 0 Å². The SMILES string of the molecule is CCCC[C@H]1CN(C2c3ccc(Cl)cc3CCc3cc(Br)cnc32)CCN1.CCCC[C@H]1CN(C2c3ccc(Cl)cc3CCc3cc(Br)cnc32)CCN1C(=O)Cc1cc[n+]([O-])cc1. The van der Waals surface area contributed by atoms with E-state index in [0.29, 0.717) is 19.0 Å². The molecular weight excluding hydrogens is 973 g/mol. The lowest BCUT2D eigenvalue weighted by Crippen LogP contribution is -2.56. The molecule has 5 aromatic rings. The van der Waals surface area contributed by atoms with Crippen LogP contribution in [0.25, 0.3) is 0 Å². The number of benzene rings is 2. The predicted molar refractivity (Wildman–Crippen MR) is 264 cm³/mol. The number of hydrogen-bond acceptors (Lipinski definition) is 7. The summed E-state index contributed by atoms with van der Waals surface area (Å²) in [6.45, 7) is 9.86. The number of nitrogens with zero attached hydrogens (tertiary/aromatic N) is 6. The summed E-state index contributed by atoms with van der Waals surface area (Å²) in [5, 5.41) is 16.7. The average molecular weight is 1030 g/mol. The molecule has 0 saturated carbocycles. The van der Waals surface area contributed by atoms with Crippen LogP contribution >= 0.6 is 55.1 Å². The first kappa shape index (κ1) is 47.1. The smallest absolute Gasteiger partial charge is 0.227 e. The number of aromatic nitrogens is 3. The number of halogens is 4. The summed E-state index contributed by atoms with van der Waals surface area (Å²) < 4.78 is 2.80. The Bertz CT molecular complexity index is 2300. The third kappa shape index (κ3) is 11.2. The first-order chi connectivity index (χ1) is 31.1. The van der Waals surface area contributed by atoms with Gasteiger partial charge >= 0.3 is 0 Å². The molecule has 2 saturated heterocycles. The largest absolute Gasteiger partial charge is 0.619 e. The Kier molecular flexibility index (Phi) is 16.1. The molecule has 338 valence electrons. The zero-order valence-corrected chi connectivity index (χ0v) is 41.6. The van der Waals surface area contributed by atoms with Crippen LogP contribution in [0.2, 0.25) is 10.0 Å². The molecule has 9 nitrogen and oxygen atoms in total. The molecule has 2 unspecified atom stereocenters. The molecule has 13 heteroatoms. The van der Waals surface area contributed by atoms with Crippen molar-refractivity contribution < 1.29 is 9.52 Å². The number of rotatable bonds is 10. The highest BCUT2D eigenvalue weighted by atomic mass is 79.9. The van der Waals surface area contributed by atoms with E-state index in [-0.39, 0.29) is 24.0 Å². The molecule has 3 aromatic heterocycles. The van der Waals surface area contributed by atoms with Gasteiger partial charge in [-0.25, -0.2) is 0 Å².